The van der Waals surface area contributed by atoms with Crippen LogP contribution in [0.3, 0.4) is 0 Å². The Morgan fingerprint density at radius 1 is 0.943 bits per heavy atom. The van der Waals surface area contributed by atoms with Crippen LogP contribution in [0.25, 0.3) is 0 Å². The van der Waals surface area contributed by atoms with Crippen molar-refractivity contribution in [2.45, 2.75) is 33.1 Å². The fourth-order valence-electron chi connectivity index (χ4n) is 3.57. The minimum atomic E-state index is -4.58. The monoisotopic (exact) mass is 506 g/mol. The van der Waals surface area contributed by atoms with Crippen LogP contribution in [0.2, 0.25) is 0 Å². The second-order valence-electron chi connectivity index (χ2n) is 8.61. The van der Waals surface area contributed by atoms with Crippen molar-refractivity contribution in [3.05, 3.63) is 93.4 Å². The first-order valence-electron chi connectivity index (χ1n) is 11.0. The highest BCUT2D eigenvalue weighted by molar-refractivity contribution is 7.09. The first kappa shape index (κ1) is 26.4. The lowest BCUT2D eigenvalue weighted by atomic mass is 10.1. The van der Waals surface area contributed by atoms with E-state index in [0.29, 0.717) is 6.54 Å². The molecular weight excluding hydrogens is 480 g/mol. The molecule has 3 aromatic rings. The molecule has 0 fully saturated rings. The van der Waals surface area contributed by atoms with Gasteiger partial charge in [0.25, 0.3) is 5.91 Å². The molecule has 35 heavy (non-hydrogen) atoms. The Labute approximate surface area is 205 Å². The molecule has 1 aromatic heterocycles. The minimum absolute atomic E-state index is 0.0135. The maximum Gasteiger partial charge on any atom is 0.416 e. The predicted octanol–water partition coefficient (Wildman–Crippen LogP) is 6.23. The van der Waals surface area contributed by atoms with E-state index in [-0.39, 0.29) is 42.8 Å². The van der Waals surface area contributed by atoms with Gasteiger partial charge in [-0.05, 0) is 53.3 Å². The average Bonchev–Trinajstić information content (AvgIpc) is 3.31. The Morgan fingerprint density at radius 2 is 1.66 bits per heavy atom. The standard InChI is InChI=1S/C26H26F4N2O2S/c1-18(2)14-32(25(34)20-5-3-6-21(13-20)26(28,29)30)17-24(33)31(16-23-7-4-12-35-23)15-19-8-10-22(27)11-9-19/h3-13,18H,14-17H2,1-2H3. The van der Waals surface area contributed by atoms with Gasteiger partial charge in [-0.1, -0.05) is 38.1 Å². The molecule has 0 aliphatic rings. The lowest BCUT2D eigenvalue weighted by Gasteiger charge is -2.29. The Morgan fingerprint density at radius 3 is 2.26 bits per heavy atom. The van der Waals surface area contributed by atoms with E-state index >= 15 is 0 Å². The topological polar surface area (TPSA) is 40.6 Å². The third-order valence-electron chi connectivity index (χ3n) is 5.20. The van der Waals surface area contributed by atoms with Crippen molar-refractivity contribution in [1.82, 2.24) is 9.80 Å². The first-order chi connectivity index (χ1) is 16.5. The molecule has 0 radical (unpaired) electrons. The second-order valence-corrected chi connectivity index (χ2v) is 9.65. The molecule has 3 rings (SSSR count). The number of carbonyl (C=O) groups is 2. The molecule has 0 aliphatic carbocycles. The number of benzene rings is 2. The molecule has 4 nitrogen and oxygen atoms in total. The van der Waals surface area contributed by atoms with Crippen LogP contribution in [-0.2, 0) is 24.1 Å². The number of halogens is 4. The summed E-state index contributed by atoms with van der Waals surface area (Å²) in [5.41, 5.74) is -0.331. The van der Waals surface area contributed by atoms with Crippen LogP contribution in [0.1, 0.15) is 40.2 Å². The summed E-state index contributed by atoms with van der Waals surface area (Å²) in [5.74, 6) is -1.40. The summed E-state index contributed by atoms with van der Waals surface area (Å²) in [4.78, 5) is 30.3. The molecule has 0 spiro atoms. The van der Waals surface area contributed by atoms with Gasteiger partial charge in [0.1, 0.15) is 12.4 Å². The largest absolute Gasteiger partial charge is 0.416 e. The van der Waals surface area contributed by atoms with E-state index in [1.54, 1.807) is 17.0 Å². The number of rotatable bonds is 9. The highest BCUT2D eigenvalue weighted by Gasteiger charge is 2.32. The SMILES string of the molecule is CC(C)CN(CC(=O)N(Cc1ccc(F)cc1)Cc1cccs1)C(=O)c1cccc(C(F)(F)F)c1. The van der Waals surface area contributed by atoms with Gasteiger partial charge in [0, 0.05) is 23.5 Å². The summed E-state index contributed by atoms with van der Waals surface area (Å²) < 4.78 is 52.8. The molecule has 0 saturated carbocycles. The molecule has 0 aliphatic heterocycles. The normalized spacial score (nSPS) is 11.5. The van der Waals surface area contributed by atoms with E-state index < -0.39 is 17.6 Å². The van der Waals surface area contributed by atoms with Crippen molar-refractivity contribution in [2.75, 3.05) is 13.1 Å². The van der Waals surface area contributed by atoms with Crippen molar-refractivity contribution in [3.63, 3.8) is 0 Å². The molecule has 9 heteroatoms. The molecule has 0 saturated heterocycles. The molecule has 0 atom stereocenters. The van der Waals surface area contributed by atoms with Gasteiger partial charge in [0.2, 0.25) is 5.91 Å². The lowest BCUT2D eigenvalue weighted by Crippen LogP contribution is -2.43. The van der Waals surface area contributed by atoms with Crippen LogP contribution in [-0.4, -0.2) is 34.7 Å². The fourth-order valence-corrected chi connectivity index (χ4v) is 4.29. The van der Waals surface area contributed by atoms with E-state index in [1.807, 2.05) is 31.4 Å². The zero-order chi connectivity index (χ0) is 25.6. The quantitative estimate of drug-likeness (QED) is 0.323. The summed E-state index contributed by atoms with van der Waals surface area (Å²) in [5, 5.41) is 1.89. The number of alkyl halides is 3. The van der Waals surface area contributed by atoms with E-state index in [0.717, 1.165) is 22.6 Å². The summed E-state index contributed by atoms with van der Waals surface area (Å²) in [6.07, 6.45) is -4.58. The Balaban J connectivity index is 1.84. The second kappa shape index (κ2) is 11.5. The molecular formula is C26H26F4N2O2S. The van der Waals surface area contributed by atoms with Gasteiger partial charge in [0.15, 0.2) is 0 Å². The average molecular weight is 507 g/mol. The lowest BCUT2D eigenvalue weighted by molar-refractivity contribution is -0.137. The molecule has 1 heterocycles. The molecule has 0 unspecified atom stereocenters. The van der Waals surface area contributed by atoms with Gasteiger partial charge in [-0.3, -0.25) is 9.59 Å². The summed E-state index contributed by atoms with van der Waals surface area (Å²) in [6, 6.07) is 13.8. The van der Waals surface area contributed by atoms with Gasteiger partial charge in [-0.15, -0.1) is 11.3 Å². The van der Waals surface area contributed by atoms with Crippen molar-refractivity contribution in [3.8, 4) is 0 Å². The fraction of sp³-hybridized carbons (Fsp3) is 0.308. The number of carbonyl (C=O) groups excluding carboxylic acids is 2. The Bertz CT molecular complexity index is 1130. The van der Waals surface area contributed by atoms with Crippen molar-refractivity contribution < 1.29 is 27.2 Å². The van der Waals surface area contributed by atoms with Crippen LogP contribution >= 0.6 is 11.3 Å². The van der Waals surface area contributed by atoms with E-state index in [1.165, 1.54) is 40.5 Å². The van der Waals surface area contributed by atoms with Gasteiger partial charge in [-0.25, -0.2) is 4.39 Å². The van der Waals surface area contributed by atoms with E-state index in [4.69, 9.17) is 0 Å². The molecule has 0 N–H and O–H groups in total. The minimum Gasteiger partial charge on any atom is -0.332 e. The van der Waals surface area contributed by atoms with E-state index in [9.17, 15) is 27.2 Å². The summed E-state index contributed by atoms with van der Waals surface area (Å²) in [7, 11) is 0. The van der Waals surface area contributed by atoms with Gasteiger partial charge >= 0.3 is 6.18 Å². The third kappa shape index (κ3) is 7.65. The Hall–Kier alpha value is -3.20. The van der Waals surface area contributed by atoms with Crippen LogP contribution < -0.4 is 0 Å². The first-order valence-corrected chi connectivity index (χ1v) is 11.9. The predicted molar refractivity (Wildman–Crippen MR) is 127 cm³/mol. The van der Waals surface area contributed by atoms with Gasteiger partial charge in [-0.2, -0.15) is 13.2 Å². The van der Waals surface area contributed by atoms with Crippen LogP contribution in [0.15, 0.2) is 66.0 Å². The number of amides is 2. The third-order valence-corrected chi connectivity index (χ3v) is 6.06. The van der Waals surface area contributed by atoms with Crippen molar-refractivity contribution in [1.29, 1.82) is 0 Å². The summed E-state index contributed by atoms with van der Waals surface area (Å²) >= 11 is 1.48. The van der Waals surface area contributed by atoms with Crippen LogP contribution in [0.5, 0.6) is 0 Å². The van der Waals surface area contributed by atoms with Crippen molar-refractivity contribution >= 4 is 23.2 Å². The van der Waals surface area contributed by atoms with Crippen LogP contribution in [0.4, 0.5) is 17.6 Å². The molecule has 2 amide bonds. The zero-order valence-corrected chi connectivity index (χ0v) is 20.2. The smallest absolute Gasteiger partial charge is 0.332 e. The maximum atomic E-state index is 13.4. The zero-order valence-electron chi connectivity index (χ0n) is 19.4. The number of hydrogen-bond acceptors (Lipinski definition) is 3. The molecule has 2 aromatic carbocycles. The van der Waals surface area contributed by atoms with Gasteiger partial charge < -0.3 is 9.80 Å². The van der Waals surface area contributed by atoms with Gasteiger partial charge in [0.05, 0.1) is 12.1 Å². The molecule has 0 bridgehead atoms. The highest BCUT2D eigenvalue weighted by Crippen LogP contribution is 2.30. The van der Waals surface area contributed by atoms with Crippen molar-refractivity contribution in [2.24, 2.45) is 5.92 Å². The van der Waals surface area contributed by atoms with E-state index in [2.05, 4.69) is 0 Å². The van der Waals surface area contributed by atoms with Crippen LogP contribution in [0, 0.1) is 11.7 Å². The maximum absolute atomic E-state index is 13.4. The highest BCUT2D eigenvalue weighted by atomic mass is 32.1. The Kier molecular flexibility index (Phi) is 8.67. The molecule has 186 valence electrons. The summed E-state index contributed by atoms with van der Waals surface area (Å²) in [6.45, 7) is 4.12. The number of thiophene rings is 1. The number of nitrogens with zero attached hydrogens (tertiary/aromatic N) is 2. The number of hydrogen-bond donors (Lipinski definition) is 0.